The molecule has 0 radical (unpaired) electrons. The van der Waals surface area contributed by atoms with E-state index >= 15 is 0 Å². The topological polar surface area (TPSA) is 37.3 Å². The minimum atomic E-state index is -0.809. The Morgan fingerprint density at radius 1 is 1.20 bits per heavy atom. The van der Waals surface area contributed by atoms with E-state index in [-0.39, 0.29) is 6.42 Å². The van der Waals surface area contributed by atoms with Crippen molar-refractivity contribution in [2.75, 3.05) is 0 Å². The van der Waals surface area contributed by atoms with E-state index in [2.05, 4.69) is 6.92 Å². The largest absolute Gasteiger partial charge is 0.481 e. The van der Waals surface area contributed by atoms with Gasteiger partial charge in [0.1, 0.15) is 0 Å². The lowest BCUT2D eigenvalue weighted by Gasteiger charge is -2.08. The highest BCUT2D eigenvalue weighted by molar-refractivity contribution is 7.99. The summed E-state index contributed by atoms with van der Waals surface area (Å²) in [4.78, 5) is 12.9. The minimum absolute atomic E-state index is 0.0616. The first-order valence-electron chi connectivity index (χ1n) is 6.35. The first kappa shape index (κ1) is 14.9. The lowest BCUT2D eigenvalue weighted by molar-refractivity contribution is -0.136. The number of hydrogen-bond acceptors (Lipinski definition) is 2. The molecule has 0 aromatic heterocycles. The minimum Gasteiger partial charge on any atom is -0.481 e. The second-order valence-corrected chi connectivity index (χ2v) is 5.97. The fourth-order valence-electron chi connectivity index (χ4n) is 1.90. The van der Waals surface area contributed by atoms with Gasteiger partial charge in [-0.3, -0.25) is 4.79 Å². The Hall–Kier alpha value is -1.45. The number of aliphatic carboxylic acids is 1. The second-order valence-electron chi connectivity index (χ2n) is 4.42. The Balaban J connectivity index is 2.16. The van der Waals surface area contributed by atoms with Gasteiger partial charge >= 0.3 is 5.97 Å². The third-order valence-electron chi connectivity index (χ3n) is 2.91. The lowest BCUT2D eigenvalue weighted by Crippen LogP contribution is -1.99. The molecule has 0 saturated carbocycles. The van der Waals surface area contributed by atoms with E-state index < -0.39 is 5.97 Å². The van der Waals surface area contributed by atoms with Crippen LogP contribution in [0.2, 0.25) is 5.02 Å². The molecule has 0 aliphatic rings. The zero-order valence-electron chi connectivity index (χ0n) is 11.1. The zero-order chi connectivity index (χ0) is 14.5. The van der Waals surface area contributed by atoms with Crippen molar-refractivity contribution in [3.63, 3.8) is 0 Å². The highest BCUT2D eigenvalue weighted by Crippen LogP contribution is 2.32. The molecule has 0 spiro atoms. The van der Waals surface area contributed by atoms with Gasteiger partial charge < -0.3 is 5.11 Å². The number of halogens is 1. The van der Waals surface area contributed by atoms with Gasteiger partial charge in [-0.2, -0.15) is 0 Å². The number of carboxylic acid groups (broad SMARTS) is 1. The third-order valence-corrected chi connectivity index (χ3v) is 4.27. The van der Waals surface area contributed by atoms with Crippen LogP contribution in [0.1, 0.15) is 18.1 Å². The number of hydrogen-bond donors (Lipinski definition) is 1. The van der Waals surface area contributed by atoms with Crippen LogP contribution in [0.4, 0.5) is 0 Å². The van der Waals surface area contributed by atoms with Crippen molar-refractivity contribution >= 4 is 29.3 Å². The molecular formula is C16H15ClO2S. The summed E-state index contributed by atoms with van der Waals surface area (Å²) in [5.74, 6) is -0.809. The zero-order valence-corrected chi connectivity index (χ0v) is 12.7. The summed E-state index contributed by atoms with van der Waals surface area (Å²) in [6, 6.07) is 13.5. The maximum Gasteiger partial charge on any atom is 0.307 e. The summed E-state index contributed by atoms with van der Waals surface area (Å²) < 4.78 is 0. The normalized spacial score (nSPS) is 10.5. The summed E-state index contributed by atoms with van der Waals surface area (Å²) in [5, 5.41) is 9.50. The van der Waals surface area contributed by atoms with Gasteiger partial charge in [0.2, 0.25) is 0 Å². The summed E-state index contributed by atoms with van der Waals surface area (Å²) in [5.41, 5.74) is 2.03. The molecule has 4 heteroatoms. The molecule has 0 saturated heterocycles. The Bertz CT molecular complexity index is 608. The SMILES string of the molecule is CCc1cc(Cl)ccc1Sc1ccc(CC(=O)O)cc1. The molecule has 104 valence electrons. The molecule has 0 aliphatic heterocycles. The van der Waals surface area contributed by atoms with Crippen LogP contribution in [0.5, 0.6) is 0 Å². The van der Waals surface area contributed by atoms with Gasteiger partial charge in [0, 0.05) is 14.8 Å². The third kappa shape index (κ3) is 4.02. The summed E-state index contributed by atoms with van der Waals surface area (Å²) in [6.07, 6.45) is 0.992. The maximum absolute atomic E-state index is 10.6. The molecule has 0 heterocycles. The van der Waals surface area contributed by atoms with E-state index in [9.17, 15) is 4.79 Å². The average molecular weight is 307 g/mol. The van der Waals surface area contributed by atoms with Crippen LogP contribution in [0, 0.1) is 0 Å². The molecule has 0 amide bonds. The van der Waals surface area contributed by atoms with E-state index in [0.29, 0.717) is 0 Å². The van der Waals surface area contributed by atoms with Crippen molar-refractivity contribution in [3.8, 4) is 0 Å². The maximum atomic E-state index is 10.6. The smallest absolute Gasteiger partial charge is 0.307 e. The number of benzene rings is 2. The van der Waals surface area contributed by atoms with Crippen molar-refractivity contribution < 1.29 is 9.90 Å². The molecule has 2 aromatic carbocycles. The van der Waals surface area contributed by atoms with Gasteiger partial charge in [0.15, 0.2) is 0 Å². The quantitative estimate of drug-likeness (QED) is 0.871. The first-order chi connectivity index (χ1) is 9.58. The second kappa shape index (κ2) is 6.82. The molecule has 1 N–H and O–H groups in total. The lowest BCUT2D eigenvalue weighted by atomic mass is 10.2. The highest BCUT2D eigenvalue weighted by Gasteiger charge is 2.05. The predicted molar refractivity (Wildman–Crippen MR) is 82.7 cm³/mol. The molecule has 20 heavy (non-hydrogen) atoms. The van der Waals surface area contributed by atoms with E-state index in [4.69, 9.17) is 16.7 Å². The van der Waals surface area contributed by atoms with Gasteiger partial charge in [0.05, 0.1) is 6.42 Å². The Labute approximate surface area is 127 Å². The number of aryl methyl sites for hydroxylation is 1. The van der Waals surface area contributed by atoms with Gasteiger partial charge in [-0.1, -0.05) is 42.4 Å². The van der Waals surface area contributed by atoms with E-state index in [1.54, 1.807) is 11.8 Å². The monoisotopic (exact) mass is 306 g/mol. The number of carboxylic acids is 1. The van der Waals surface area contributed by atoms with Crippen molar-refractivity contribution in [1.29, 1.82) is 0 Å². The van der Waals surface area contributed by atoms with Gasteiger partial charge in [0.25, 0.3) is 0 Å². The van der Waals surface area contributed by atoms with Crippen molar-refractivity contribution in [2.24, 2.45) is 0 Å². The first-order valence-corrected chi connectivity index (χ1v) is 7.55. The molecule has 0 aliphatic carbocycles. The Morgan fingerprint density at radius 2 is 1.90 bits per heavy atom. The van der Waals surface area contributed by atoms with Crippen molar-refractivity contribution in [3.05, 3.63) is 58.6 Å². The van der Waals surface area contributed by atoms with Crippen LogP contribution < -0.4 is 0 Å². The van der Waals surface area contributed by atoms with Crippen LogP contribution in [0.25, 0.3) is 0 Å². The number of rotatable bonds is 5. The molecule has 2 aromatic rings. The van der Waals surface area contributed by atoms with Crippen molar-refractivity contribution in [1.82, 2.24) is 0 Å². The fraction of sp³-hybridized carbons (Fsp3) is 0.188. The van der Waals surface area contributed by atoms with Crippen LogP contribution >= 0.6 is 23.4 Å². The Kier molecular flexibility index (Phi) is 5.10. The molecule has 0 fully saturated rings. The van der Waals surface area contributed by atoms with Gasteiger partial charge in [-0.05, 0) is 47.9 Å². The van der Waals surface area contributed by atoms with Crippen LogP contribution in [0.3, 0.4) is 0 Å². The molecule has 0 unspecified atom stereocenters. The van der Waals surface area contributed by atoms with E-state index in [0.717, 1.165) is 21.9 Å². The molecule has 0 atom stereocenters. The summed E-state index contributed by atoms with van der Waals surface area (Å²) >= 11 is 7.67. The van der Waals surface area contributed by atoms with Crippen LogP contribution in [0.15, 0.2) is 52.3 Å². The van der Waals surface area contributed by atoms with Gasteiger partial charge in [-0.25, -0.2) is 0 Å². The standard InChI is InChI=1S/C16H15ClO2S/c1-2-12-10-13(17)5-8-15(12)20-14-6-3-11(4-7-14)9-16(18)19/h3-8,10H,2,9H2,1H3,(H,18,19). The molecule has 2 nitrogen and oxygen atoms in total. The summed E-state index contributed by atoms with van der Waals surface area (Å²) in [6.45, 7) is 2.10. The summed E-state index contributed by atoms with van der Waals surface area (Å²) in [7, 11) is 0. The molecule has 0 bridgehead atoms. The molecule has 2 rings (SSSR count). The fourth-order valence-corrected chi connectivity index (χ4v) is 3.09. The average Bonchev–Trinajstić information content (AvgIpc) is 2.42. The van der Waals surface area contributed by atoms with Crippen LogP contribution in [-0.2, 0) is 17.6 Å². The van der Waals surface area contributed by atoms with E-state index in [1.807, 2.05) is 42.5 Å². The molecular weight excluding hydrogens is 292 g/mol. The van der Waals surface area contributed by atoms with Crippen molar-refractivity contribution in [2.45, 2.75) is 29.6 Å². The van der Waals surface area contributed by atoms with Gasteiger partial charge in [-0.15, -0.1) is 0 Å². The van der Waals surface area contributed by atoms with Crippen LogP contribution in [-0.4, -0.2) is 11.1 Å². The van der Waals surface area contributed by atoms with E-state index in [1.165, 1.54) is 10.5 Å². The number of carbonyl (C=O) groups is 1. The predicted octanol–water partition coefficient (Wildman–Crippen LogP) is 4.68. The highest BCUT2D eigenvalue weighted by atomic mass is 35.5. The Morgan fingerprint density at radius 3 is 2.50 bits per heavy atom.